The van der Waals surface area contributed by atoms with Crippen molar-refractivity contribution in [2.24, 2.45) is 0 Å². The van der Waals surface area contributed by atoms with Gasteiger partial charge in [-0.05, 0) is 32.2 Å². The van der Waals surface area contributed by atoms with Crippen LogP contribution in [0.3, 0.4) is 0 Å². The van der Waals surface area contributed by atoms with E-state index in [1.807, 2.05) is 6.07 Å². The highest BCUT2D eigenvalue weighted by Gasteiger charge is 2.09. The second-order valence-corrected chi connectivity index (χ2v) is 4.51. The summed E-state index contributed by atoms with van der Waals surface area (Å²) in [5.74, 6) is 0. The number of hydrogen-bond acceptors (Lipinski definition) is 2. The molecule has 1 heterocycles. The first kappa shape index (κ1) is 8.75. The minimum Gasteiger partial charge on any atom is -0.370 e. The third-order valence-electron chi connectivity index (χ3n) is 1.23. The summed E-state index contributed by atoms with van der Waals surface area (Å²) in [6.07, 6.45) is 0. The van der Waals surface area contributed by atoms with Crippen LogP contribution in [0.4, 0.5) is 0 Å². The van der Waals surface area contributed by atoms with E-state index in [-0.39, 0.29) is 5.60 Å². The predicted molar refractivity (Wildman–Crippen MR) is 48.9 cm³/mol. The van der Waals surface area contributed by atoms with E-state index in [9.17, 15) is 0 Å². The monoisotopic (exact) mass is 170 g/mol. The van der Waals surface area contributed by atoms with Gasteiger partial charge in [-0.3, -0.25) is 0 Å². The molecular weight excluding hydrogens is 156 g/mol. The van der Waals surface area contributed by atoms with E-state index in [0.29, 0.717) is 0 Å². The fraction of sp³-hybridized carbons (Fsp3) is 0.556. The molecule has 0 aliphatic carbocycles. The highest BCUT2D eigenvalue weighted by molar-refractivity contribution is 7.09. The molecule has 1 rings (SSSR count). The fourth-order valence-electron chi connectivity index (χ4n) is 0.682. The van der Waals surface area contributed by atoms with Gasteiger partial charge < -0.3 is 4.74 Å². The Hall–Kier alpha value is -0.340. The first-order chi connectivity index (χ1) is 5.08. The summed E-state index contributed by atoms with van der Waals surface area (Å²) in [5, 5.41) is 2.07. The van der Waals surface area contributed by atoms with Crippen LogP contribution in [0.5, 0.6) is 0 Å². The van der Waals surface area contributed by atoms with E-state index in [1.165, 1.54) is 4.88 Å². The number of thiophene rings is 1. The zero-order chi connectivity index (χ0) is 8.32. The van der Waals surface area contributed by atoms with Crippen LogP contribution in [0.15, 0.2) is 17.5 Å². The molecular formula is C9H14OS. The minimum atomic E-state index is -0.0238. The van der Waals surface area contributed by atoms with Gasteiger partial charge in [0.2, 0.25) is 0 Å². The Morgan fingerprint density at radius 2 is 2.18 bits per heavy atom. The molecule has 1 aromatic rings. The van der Waals surface area contributed by atoms with Gasteiger partial charge in [0.05, 0.1) is 12.2 Å². The molecule has 0 unspecified atom stereocenters. The third kappa shape index (κ3) is 3.54. The molecule has 0 aliphatic heterocycles. The van der Waals surface area contributed by atoms with Crippen LogP contribution in [0.25, 0.3) is 0 Å². The lowest BCUT2D eigenvalue weighted by Gasteiger charge is -2.18. The molecule has 1 aromatic heterocycles. The smallest absolute Gasteiger partial charge is 0.0816 e. The Labute approximate surface area is 72.0 Å². The molecule has 0 radical (unpaired) electrons. The molecule has 0 spiro atoms. The van der Waals surface area contributed by atoms with Gasteiger partial charge in [0.1, 0.15) is 0 Å². The number of hydrogen-bond donors (Lipinski definition) is 0. The van der Waals surface area contributed by atoms with Crippen LogP contribution in [0, 0.1) is 0 Å². The van der Waals surface area contributed by atoms with Crippen LogP contribution in [-0.4, -0.2) is 5.60 Å². The first-order valence-electron chi connectivity index (χ1n) is 3.74. The zero-order valence-corrected chi connectivity index (χ0v) is 8.07. The molecule has 0 N–H and O–H groups in total. The molecule has 1 nitrogen and oxygen atoms in total. The van der Waals surface area contributed by atoms with Gasteiger partial charge in [-0.15, -0.1) is 11.3 Å². The van der Waals surface area contributed by atoms with Gasteiger partial charge in [-0.2, -0.15) is 0 Å². The van der Waals surface area contributed by atoms with Crippen molar-refractivity contribution in [1.82, 2.24) is 0 Å². The van der Waals surface area contributed by atoms with E-state index in [1.54, 1.807) is 11.3 Å². The number of rotatable bonds is 2. The second kappa shape index (κ2) is 3.37. The Kier molecular flexibility index (Phi) is 2.68. The van der Waals surface area contributed by atoms with Crippen LogP contribution in [0.2, 0.25) is 0 Å². The van der Waals surface area contributed by atoms with Crippen LogP contribution >= 0.6 is 11.3 Å². The van der Waals surface area contributed by atoms with Crippen molar-refractivity contribution < 1.29 is 4.74 Å². The average molecular weight is 170 g/mol. The van der Waals surface area contributed by atoms with E-state index in [2.05, 4.69) is 32.2 Å². The number of ether oxygens (including phenoxy) is 1. The van der Waals surface area contributed by atoms with Crippen molar-refractivity contribution in [2.45, 2.75) is 33.0 Å². The van der Waals surface area contributed by atoms with Gasteiger partial charge in [-0.25, -0.2) is 0 Å². The quantitative estimate of drug-likeness (QED) is 0.663. The maximum Gasteiger partial charge on any atom is 0.0816 e. The average Bonchev–Trinajstić information content (AvgIpc) is 2.32. The lowest BCUT2D eigenvalue weighted by atomic mass is 10.2. The Morgan fingerprint density at radius 1 is 1.45 bits per heavy atom. The van der Waals surface area contributed by atoms with Crippen molar-refractivity contribution >= 4 is 11.3 Å². The van der Waals surface area contributed by atoms with Crippen molar-refractivity contribution in [3.63, 3.8) is 0 Å². The molecule has 0 saturated heterocycles. The van der Waals surface area contributed by atoms with Crippen molar-refractivity contribution in [1.29, 1.82) is 0 Å². The second-order valence-electron chi connectivity index (χ2n) is 3.48. The Balaban J connectivity index is 2.35. The summed E-state index contributed by atoms with van der Waals surface area (Å²) in [5.41, 5.74) is -0.0238. The van der Waals surface area contributed by atoms with Gasteiger partial charge in [0, 0.05) is 4.88 Å². The van der Waals surface area contributed by atoms with Gasteiger partial charge in [0.15, 0.2) is 0 Å². The minimum absolute atomic E-state index is 0.0238. The summed E-state index contributed by atoms with van der Waals surface area (Å²) in [6.45, 7) is 6.95. The van der Waals surface area contributed by atoms with E-state index in [4.69, 9.17) is 4.74 Å². The van der Waals surface area contributed by atoms with Crippen molar-refractivity contribution in [2.75, 3.05) is 0 Å². The van der Waals surface area contributed by atoms with E-state index < -0.39 is 0 Å². The molecule has 0 aliphatic rings. The molecule has 0 amide bonds. The highest BCUT2D eigenvalue weighted by Crippen LogP contribution is 2.15. The highest BCUT2D eigenvalue weighted by atomic mass is 32.1. The fourth-order valence-corrected chi connectivity index (χ4v) is 1.30. The Bertz CT molecular complexity index is 196. The van der Waals surface area contributed by atoms with E-state index in [0.717, 1.165) is 6.61 Å². The predicted octanol–water partition coefficient (Wildman–Crippen LogP) is 3.06. The molecule has 0 aromatic carbocycles. The van der Waals surface area contributed by atoms with Crippen molar-refractivity contribution in [3.8, 4) is 0 Å². The summed E-state index contributed by atoms with van der Waals surface area (Å²) in [4.78, 5) is 1.29. The Morgan fingerprint density at radius 3 is 2.64 bits per heavy atom. The zero-order valence-electron chi connectivity index (χ0n) is 7.26. The molecule has 0 fully saturated rings. The normalized spacial score (nSPS) is 11.9. The molecule has 11 heavy (non-hydrogen) atoms. The first-order valence-corrected chi connectivity index (χ1v) is 4.62. The molecule has 0 bridgehead atoms. The third-order valence-corrected chi connectivity index (χ3v) is 2.08. The van der Waals surface area contributed by atoms with Gasteiger partial charge >= 0.3 is 0 Å². The molecule has 0 atom stereocenters. The lowest BCUT2D eigenvalue weighted by molar-refractivity contribution is -0.0136. The maximum atomic E-state index is 5.58. The van der Waals surface area contributed by atoms with Crippen LogP contribution in [-0.2, 0) is 11.3 Å². The largest absolute Gasteiger partial charge is 0.370 e. The summed E-state index contributed by atoms with van der Waals surface area (Å²) in [6, 6.07) is 4.14. The van der Waals surface area contributed by atoms with Gasteiger partial charge in [-0.1, -0.05) is 6.07 Å². The SMILES string of the molecule is CC(C)(C)OCc1cccs1. The molecule has 2 heteroatoms. The van der Waals surface area contributed by atoms with Crippen LogP contribution < -0.4 is 0 Å². The lowest BCUT2D eigenvalue weighted by Crippen LogP contribution is -2.18. The van der Waals surface area contributed by atoms with E-state index >= 15 is 0 Å². The topological polar surface area (TPSA) is 9.23 Å². The maximum absolute atomic E-state index is 5.58. The molecule has 62 valence electrons. The molecule has 0 saturated carbocycles. The summed E-state index contributed by atoms with van der Waals surface area (Å²) >= 11 is 1.74. The standard InChI is InChI=1S/C9H14OS/c1-9(2,3)10-7-8-5-4-6-11-8/h4-6H,7H2,1-3H3. The summed E-state index contributed by atoms with van der Waals surface area (Å²) < 4.78 is 5.58. The van der Waals surface area contributed by atoms with Crippen LogP contribution in [0.1, 0.15) is 25.6 Å². The van der Waals surface area contributed by atoms with Gasteiger partial charge in [0.25, 0.3) is 0 Å². The summed E-state index contributed by atoms with van der Waals surface area (Å²) in [7, 11) is 0. The van der Waals surface area contributed by atoms with Crippen molar-refractivity contribution in [3.05, 3.63) is 22.4 Å².